The van der Waals surface area contributed by atoms with Gasteiger partial charge in [-0.2, -0.15) is 0 Å². The van der Waals surface area contributed by atoms with E-state index in [0.29, 0.717) is 18.9 Å². The van der Waals surface area contributed by atoms with Crippen LogP contribution in [0.4, 0.5) is 0 Å². The summed E-state index contributed by atoms with van der Waals surface area (Å²) < 4.78 is 0. The third kappa shape index (κ3) is 6.55. The van der Waals surface area contributed by atoms with E-state index in [1.807, 2.05) is 19.1 Å². The molecule has 0 spiro atoms. The summed E-state index contributed by atoms with van der Waals surface area (Å²) in [7, 11) is 0. The Bertz CT molecular complexity index is 1350. The number of phenolic OH excluding ortho intramolecular Hbond substituents is 1. The fraction of sp³-hybridized carbons (Fsp3) is 0.533. The number of benzene rings is 1. The van der Waals surface area contributed by atoms with Gasteiger partial charge in [-0.1, -0.05) is 13.0 Å². The van der Waals surface area contributed by atoms with Crippen molar-refractivity contribution in [1.82, 2.24) is 15.2 Å². The summed E-state index contributed by atoms with van der Waals surface area (Å²) in [6, 6.07) is 6.06. The molecule has 4 rings (SSSR count). The van der Waals surface area contributed by atoms with Crippen LogP contribution in [0, 0.1) is 12.8 Å². The van der Waals surface area contributed by atoms with Crippen LogP contribution in [-0.2, 0) is 27.8 Å². The maximum atomic E-state index is 13.2. The molecule has 2 fully saturated rings. The van der Waals surface area contributed by atoms with Gasteiger partial charge >= 0.3 is 0 Å². The molecule has 3 atom stereocenters. The number of aromatic hydroxyl groups is 1. The van der Waals surface area contributed by atoms with Gasteiger partial charge in [0, 0.05) is 23.7 Å². The number of carbonyl (C=O) groups excluding carboxylic acids is 3. The first-order valence-electron chi connectivity index (χ1n) is 14.1. The van der Waals surface area contributed by atoms with Crippen LogP contribution in [0.5, 0.6) is 5.75 Å². The predicted octanol–water partition coefficient (Wildman–Crippen LogP) is 1.79. The molecule has 2 aromatic rings. The van der Waals surface area contributed by atoms with E-state index >= 15 is 0 Å². The van der Waals surface area contributed by atoms with E-state index in [2.05, 4.69) is 29.0 Å². The van der Waals surface area contributed by atoms with E-state index in [1.54, 1.807) is 12.1 Å². The van der Waals surface area contributed by atoms with Crippen molar-refractivity contribution in [3.63, 3.8) is 0 Å². The minimum absolute atomic E-state index is 0.161. The first-order valence-corrected chi connectivity index (χ1v) is 14.1. The molecule has 1 aromatic heterocycles. The maximum absolute atomic E-state index is 13.2. The van der Waals surface area contributed by atoms with Crippen molar-refractivity contribution in [1.29, 1.82) is 0 Å². The number of pyridine rings is 1. The summed E-state index contributed by atoms with van der Waals surface area (Å²) in [6.45, 7) is 8.29. The van der Waals surface area contributed by atoms with Crippen LogP contribution in [0.25, 0.3) is 0 Å². The van der Waals surface area contributed by atoms with E-state index in [9.17, 15) is 24.3 Å². The molecule has 1 saturated heterocycles. The molecule has 2 heterocycles. The van der Waals surface area contributed by atoms with Crippen molar-refractivity contribution < 1.29 is 19.5 Å². The zero-order chi connectivity index (χ0) is 29.2. The van der Waals surface area contributed by atoms with Crippen LogP contribution in [-0.4, -0.2) is 57.9 Å². The number of piperidine rings is 1. The topological polar surface area (TPSA) is 172 Å². The van der Waals surface area contributed by atoms with Crippen molar-refractivity contribution in [3.05, 3.63) is 62.6 Å². The Morgan fingerprint density at radius 2 is 1.95 bits per heavy atom. The summed E-state index contributed by atoms with van der Waals surface area (Å²) in [4.78, 5) is 54.7. The molecule has 216 valence electrons. The minimum Gasteiger partial charge on any atom is -0.508 e. The number of nitrogens with zero attached hydrogens (tertiary/aromatic N) is 1. The molecule has 1 aliphatic heterocycles. The molecular formula is C30H41N5O5. The number of rotatable bonds is 11. The number of nitrogens with one attached hydrogen (secondary N) is 2. The Morgan fingerprint density at radius 1 is 1.23 bits per heavy atom. The average Bonchev–Trinajstić information content (AvgIpc) is 3.70. The zero-order valence-corrected chi connectivity index (χ0v) is 23.6. The second-order valence-corrected chi connectivity index (χ2v) is 11.7. The Labute approximate surface area is 234 Å². The van der Waals surface area contributed by atoms with Gasteiger partial charge in [0.2, 0.25) is 11.8 Å². The molecule has 2 aliphatic rings. The van der Waals surface area contributed by atoms with Crippen molar-refractivity contribution >= 4 is 17.7 Å². The van der Waals surface area contributed by atoms with Gasteiger partial charge in [0.15, 0.2) is 0 Å². The number of hydrogen-bond donors (Lipinski definition) is 5. The number of likely N-dealkylation sites (tertiary alicyclic amines) is 1. The second-order valence-electron chi connectivity index (χ2n) is 11.7. The van der Waals surface area contributed by atoms with Crippen molar-refractivity contribution in [2.45, 2.75) is 83.2 Å². The van der Waals surface area contributed by atoms with Crippen LogP contribution < -0.4 is 22.3 Å². The van der Waals surface area contributed by atoms with E-state index in [1.165, 1.54) is 12.8 Å². The number of nitrogens with two attached hydrogens (primary N) is 2. The highest BCUT2D eigenvalue weighted by atomic mass is 16.3. The Hall–Kier alpha value is -3.66. The summed E-state index contributed by atoms with van der Waals surface area (Å²) in [5.74, 6) is -1.51. The number of aryl methyl sites for hydroxylation is 2. The number of primary amides is 2. The Kier molecular flexibility index (Phi) is 8.68. The lowest BCUT2D eigenvalue weighted by Gasteiger charge is -2.47. The Morgan fingerprint density at radius 3 is 2.55 bits per heavy atom. The SMILES string of the molecule is CCc1cc(C(=O)N[C@@H](CC(N)=O)C(N)=O)c(=O)[nH]c1C[C@@]1(c2cc(O)ccc2C)CCN(CC2CC2)[C@H](C)C1. The van der Waals surface area contributed by atoms with E-state index in [4.69, 9.17) is 11.5 Å². The summed E-state index contributed by atoms with van der Waals surface area (Å²) in [6.07, 6.45) is 4.98. The molecule has 10 heteroatoms. The van der Waals surface area contributed by atoms with Gasteiger partial charge in [-0.05, 0) is 99.7 Å². The molecule has 40 heavy (non-hydrogen) atoms. The van der Waals surface area contributed by atoms with Crippen LogP contribution in [0.15, 0.2) is 29.1 Å². The zero-order valence-electron chi connectivity index (χ0n) is 23.6. The fourth-order valence-corrected chi connectivity index (χ4v) is 6.21. The molecule has 0 unspecified atom stereocenters. The number of phenols is 1. The van der Waals surface area contributed by atoms with Crippen LogP contribution in [0.1, 0.15) is 78.7 Å². The van der Waals surface area contributed by atoms with Crippen LogP contribution >= 0.6 is 0 Å². The van der Waals surface area contributed by atoms with Crippen LogP contribution in [0.3, 0.4) is 0 Å². The molecule has 0 radical (unpaired) electrons. The summed E-state index contributed by atoms with van der Waals surface area (Å²) in [5.41, 5.74) is 13.1. The van der Waals surface area contributed by atoms with Gasteiger partial charge in [0.25, 0.3) is 11.5 Å². The summed E-state index contributed by atoms with van der Waals surface area (Å²) >= 11 is 0. The van der Waals surface area contributed by atoms with Crippen molar-refractivity contribution in [2.75, 3.05) is 13.1 Å². The number of hydrogen-bond acceptors (Lipinski definition) is 6. The summed E-state index contributed by atoms with van der Waals surface area (Å²) in [5, 5.41) is 12.8. The second kappa shape index (κ2) is 11.8. The van der Waals surface area contributed by atoms with Crippen LogP contribution in [0.2, 0.25) is 0 Å². The van der Waals surface area contributed by atoms with Crippen molar-refractivity contribution in [2.24, 2.45) is 17.4 Å². The molecule has 1 saturated carbocycles. The molecule has 1 aliphatic carbocycles. The van der Waals surface area contributed by atoms with Gasteiger partial charge in [0.1, 0.15) is 17.4 Å². The van der Waals surface area contributed by atoms with Gasteiger partial charge in [-0.15, -0.1) is 0 Å². The molecular weight excluding hydrogens is 510 g/mol. The normalized spacial score (nSPS) is 22.0. The first kappa shape index (κ1) is 29.3. The third-order valence-corrected chi connectivity index (χ3v) is 8.58. The predicted molar refractivity (Wildman–Crippen MR) is 152 cm³/mol. The lowest BCUT2D eigenvalue weighted by Crippen LogP contribution is -2.50. The van der Waals surface area contributed by atoms with E-state index in [0.717, 1.165) is 54.2 Å². The number of aromatic nitrogens is 1. The lowest BCUT2D eigenvalue weighted by atomic mass is 9.66. The number of H-pyrrole nitrogens is 1. The van der Waals surface area contributed by atoms with Gasteiger partial charge < -0.3 is 31.8 Å². The quantitative estimate of drug-likeness (QED) is 0.285. The molecule has 10 nitrogen and oxygen atoms in total. The largest absolute Gasteiger partial charge is 0.508 e. The van der Waals surface area contributed by atoms with Gasteiger partial charge in [-0.25, -0.2) is 0 Å². The highest BCUT2D eigenvalue weighted by Gasteiger charge is 2.42. The smallest absolute Gasteiger partial charge is 0.261 e. The van der Waals surface area contributed by atoms with Gasteiger partial charge in [0.05, 0.1) is 6.42 Å². The highest BCUT2D eigenvalue weighted by molar-refractivity contribution is 5.98. The van der Waals surface area contributed by atoms with Crippen molar-refractivity contribution in [3.8, 4) is 5.75 Å². The molecule has 7 N–H and O–H groups in total. The number of aromatic amines is 1. The number of amides is 3. The monoisotopic (exact) mass is 551 g/mol. The average molecular weight is 552 g/mol. The molecule has 0 bridgehead atoms. The third-order valence-electron chi connectivity index (χ3n) is 8.58. The standard InChI is InChI=1S/C30H41N5O5/c1-4-20-11-22(28(39)33-24(27(32)38)13-26(31)37)29(40)34-25(20)15-30(23-12-21(36)8-5-17(23)2)9-10-35(18(3)14-30)16-19-6-7-19/h5,8,11-12,18-19,24,36H,4,6-7,9-10,13-16H2,1-3H3,(H2,31,37)(H2,32,38)(H,33,39)(H,34,40)/t18-,24+,30-/m1/s1. The minimum atomic E-state index is -1.31. The lowest BCUT2D eigenvalue weighted by molar-refractivity contribution is -0.124. The molecule has 3 amide bonds. The Balaban J connectivity index is 1.68. The van der Waals surface area contributed by atoms with E-state index in [-0.39, 0.29) is 16.7 Å². The van der Waals surface area contributed by atoms with Gasteiger partial charge in [-0.3, -0.25) is 19.2 Å². The highest BCUT2D eigenvalue weighted by Crippen LogP contribution is 2.44. The van der Waals surface area contributed by atoms with E-state index < -0.39 is 35.7 Å². The first-order chi connectivity index (χ1) is 18.9. The fourth-order valence-electron chi connectivity index (χ4n) is 6.21. The molecule has 1 aromatic carbocycles. The number of carbonyl (C=O) groups is 3. The maximum Gasteiger partial charge on any atom is 0.261 e.